The maximum absolute atomic E-state index is 12.7. The number of furan rings is 1. The number of thiocarbonyl (C=S) groups is 1. The second-order valence-electron chi connectivity index (χ2n) is 6.98. The van der Waals surface area contributed by atoms with Crippen LogP contribution in [-0.4, -0.2) is 42.7 Å². The molecule has 1 amide bonds. The zero-order valence-corrected chi connectivity index (χ0v) is 18.1. The van der Waals surface area contributed by atoms with Crippen molar-refractivity contribution in [2.45, 2.75) is 25.7 Å². The highest BCUT2D eigenvalue weighted by atomic mass is 32.2. The first-order chi connectivity index (χ1) is 15.0. The maximum Gasteiger partial charge on any atom is 0.303 e. The lowest BCUT2D eigenvalue weighted by Crippen LogP contribution is -2.29. The molecule has 0 aromatic carbocycles. The second-order valence-corrected chi connectivity index (χ2v) is 8.65. The van der Waals surface area contributed by atoms with E-state index in [1.165, 1.54) is 11.8 Å². The SMILES string of the molecule is O=C(O)CCCCCN1C(=O)/C(=C/c2ccc(-c3ccc4ncccc4n3)o2)SC1=S. The van der Waals surface area contributed by atoms with Gasteiger partial charge >= 0.3 is 5.97 Å². The van der Waals surface area contributed by atoms with E-state index in [-0.39, 0.29) is 12.3 Å². The third-order valence-corrected chi connectivity index (χ3v) is 6.13. The number of carbonyl (C=O) groups excluding carboxylic acids is 1. The van der Waals surface area contributed by atoms with Crippen LogP contribution in [0.25, 0.3) is 28.6 Å². The third kappa shape index (κ3) is 5.00. The summed E-state index contributed by atoms with van der Waals surface area (Å²) in [5.74, 6) is 0.193. The van der Waals surface area contributed by atoms with Gasteiger partial charge in [0.2, 0.25) is 0 Å². The van der Waals surface area contributed by atoms with Gasteiger partial charge in [-0.25, -0.2) is 4.98 Å². The molecule has 1 fully saturated rings. The number of thioether (sulfide) groups is 1. The van der Waals surface area contributed by atoms with Gasteiger partial charge in [0, 0.05) is 25.2 Å². The molecule has 0 unspecified atom stereocenters. The number of aliphatic carboxylic acids is 1. The smallest absolute Gasteiger partial charge is 0.303 e. The normalized spacial score (nSPS) is 15.4. The van der Waals surface area contributed by atoms with Crippen LogP contribution in [0.5, 0.6) is 0 Å². The zero-order valence-electron chi connectivity index (χ0n) is 16.5. The van der Waals surface area contributed by atoms with Crippen LogP contribution >= 0.6 is 24.0 Å². The van der Waals surface area contributed by atoms with Gasteiger partial charge in [0.1, 0.15) is 15.8 Å². The molecule has 9 heteroatoms. The first-order valence-electron chi connectivity index (χ1n) is 9.80. The van der Waals surface area contributed by atoms with Crippen molar-refractivity contribution in [3.8, 4) is 11.5 Å². The summed E-state index contributed by atoms with van der Waals surface area (Å²) in [5, 5.41) is 8.69. The average Bonchev–Trinajstić information content (AvgIpc) is 3.33. The Balaban J connectivity index is 1.43. The average molecular weight is 454 g/mol. The lowest BCUT2D eigenvalue weighted by Gasteiger charge is -2.13. The van der Waals surface area contributed by atoms with E-state index in [9.17, 15) is 9.59 Å². The molecule has 3 aromatic rings. The summed E-state index contributed by atoms with van der Waals surface area (Å²) in [6.45, 7) is 0.486. The predicted octanol–water partition coefficient (Wildman–Crippen LogP) is 4.74. The number of carboxylic acid groups (broad SMARTS) is 1. The minimum absolute atomic E-state index is 0.141. The van der Waals surface area contributed by atoms with E-state index < -0.39 is 5.97 Å². The summed E-state index contributed by atoms with van der Waals surface area (Å²) in [7, 11) is 0. The molecular weight excluding hydrogens is 434 g/mol. The number of nitrogens with zero attached hydrogens (tertiary/aromatic N) is 3. The fourth-order valence-electron chi connectivity index (χ4n) is 3.21. The van der Waals surface area contributed by atoms with Crippen LogP contribution in [0.2, 0.25) is 0 Å². The van der Waals surface area contributed by atoms with Crippen molar-refractivity contribution in [3.05, 3.63) is 53.3 Å². The van der Waals surface area contributed by atoms with Gasteiger partial charge in [-0.3, -0.25) is 19.5 Å². The molecule has 1 N–H and O–H groups in total. The van der Waals surface area contributed by atoms with Gasteiger partial charge in [-0.05, 0) is 49.2 Å². The Bertz CT molecular complexity index is 1190. The molecule has 0 aliphatic carbocycles. The number of unbranched alkanes of at least 4 members (excludes halogenated alkanes) is 2. The van der Waals surface area contributed by atoms with Crippen molar-refractivity contribution in [2.75, 3.05) is 6.54 Å². The van der Waals surface area contributed by atoms with E-state index in [2.05, 4.69) is 9.97 Å². The number of carboxylic acids is 1. The molecule has 0 radical (unpaired) electrons. The van der Waals surface area contributed by atoms with Crippen molar-refractivity contribution >= 4 is 57.3 Å². The molecule has 31 heavy (non-hydrogen) atoms. The number of pyridine rings is 2. The van der Waals surface area contributed by atoms with Crippen LogP contribution in [-0.2, 0) is 9.59 Å². The van der Waals surface area contributed by atoms with E-state index in [4.69, 9.17) is 21.7 Å². The van der Waals surface area contributed by atoms with E-state index in [1.807, 2.05) is 30.3 Å². The van der Waals surface area contributed by atoms with Gasteiger partial charge in [0.15, 0.2) is 5.76 Å². The molecular formula is C22H19N3O4S2. The number of aromatic nitrogens is 2. The van der Waals surface area contributed by atoms with E-state index in [0.717, 1.165) is 17.5 Å². The van der Waals surface area contributed by atoms with Crippen LogP contribution in [0.3, 0.4) is 0 Å². The summed E-state index contributed by atoms with van der Waals surface area (Å²) in [4.78, 5) is 34.2. The summed E-state index contributed by atoms with van der Waals surface area (Å²) >= 11 is 6.59. The molecule has 3 aromatic heterocycles. The minimum atomic E-state index is -0.804. The Hall–Kier alpha value is -3.04. The molecule has 1 aliphatic rings. The van der Waals surface area contributed by atoms with Gasteiger partial charge in [-0.1, -0.05) is 30.4 Å². The van der Waals surface area contributed by atoms with Crippen LogP contribution in [0.15, 0.2) is 51.9 Å². The highest BCUT2D eigenvalue weighted by Gasteiger charge is 2.31. The largest absolute Gasteiger partial charge is 0.481 e. The Labute approximate surface area is 188 Å². The topological polar surface area (TPSA) is 96.5 Å². The first kappa shape index (κ1) is 21.2. The monoisotopic (exact) mass is 453 g/mol. The summed E-state index contributed by atoms with van der Waals surface area (Å²) in [6, 6.07) is 11.1. The van der Waals surface area contributed by atoms with Crippen LogP contribution in [0.4, 0.5) is 0 Å². The maximum atomic E-state index is 12.7. The lowest BCUT2D eigenvalue weighted by molar-refractivity contribution is -0.137. The van der Waals surface area contributed by atoms with Gasteiger partial charge < -0.3 is 9.52 Å². The van der Waals surface area contributed by atoms with Crippen molar-refractivity contribution in [1.29, 1.82) is 0 Å². The zero-order chi connectivity index (χ0) is 21.8. The number of fused-ring (bicyclic) bond motifs is 1. The van der Waals surface area contributed by atoms with Crippen molar-refractivity contribution in [1.82, 2.24) is 14.9 Å². The number of rotatable bonds is 8. The third-order valence-electron chi connectivity index (χ3n) is 4.75. The minimum Gasteiger partial charge on any atom is -0.481 e. The molecule has 1 aliphatic heterocycles. The van der Waals surface area contributed by atoms with E-state index in [0.29, 0.717) is 45.8 Å². The molecule has 1 saturated heterocycles. The summed E-state index contributed by atoms with van der Waals surface area (Å²) < 4.78 is 6.40. The van der Waals surface area contributed by atoms with E-state index >= 15 is 0 Å². The fraction of sp³-hybridized carbons (Fsp3) is 0.227. The lowest BCUT2D eigenvalue weighted by atomic mass is 10.2. The summed E-state index contributed by atoms with van der Waals surface area (Å²) in [5.41, 5.74) is 2.28. The highest BCUT2D eigenvalue weighted by molar-refractivity contribution is 8.26. The standard InChI is InChI=1S/C22H19N3O4S2/c26-20(27)6-2-1-3-12-25-21(28)19(31-22(25)30)13-14-7-10-18(29-14)17-9-8-15-16(24-17)5-4-11-23-15/h4-5,7-11,13H,1-3,6,12H2,(H,26,27)/b19-13-. The Kier molecular flexibility index (Phi) is 6.43. The molecule has 158 valence electrons. The van der Waals surface area contributed by atoms with Crippen molar-refractivity contribution < 1.29 is 19.1 Å². The van der Waals surface area contributed by atoms with Crippen LogP contribution in [0, 0.1) is 0 Å². The molecule has 0 spiro atoms. The van der Waals surface area contributed by atoms with E-state index in [1.54, 1.807) is 23.2 Å². The second kappa shape index (κ2) is 9.40. The Morgan fingerprint density at radius 1 is 1.16 bits per heavy atom. The van der Waals surface area contributed by atoms with Crippen LogP contribution in [0.1, 0.15) is 31.4 Å². The number of carbonyl (C=O) groups is 2. The predicted molar refractivity (Wildman–Crippen MR) is 123 cm³/mol. The van der Waals surface area contributed by atoms with Crippen molar-refractivity contribution in [3.63, 3.8) is 0 Å². The van der Waals surface area contributed by atoms with Gasteiger partial charge in [0.25, 0.3) is 5.91 Å². The Morgan fingerprint density at radius 2 is 2.03 bits per heavy atom. The van der Waals surface area contributed by atoms with Gasteiger partial charge in [-0.2, -0.15) is 0 Å². The number of hydrogen-bond donors (Lipinski definition) is 1. The Morgan fingerprint density at radius 3 is 2.87 bits per heavy atom. The van der Waals surface area contributed by atoms with Crippen LogP contribution < -0.4 is 0 Å². The number of amides is 1. The number of hydrogen-bond acceptors (Lipinski definition) is 7. The quantitative estimate of drug-likeness (QED) is 0.297. The molecule has 4 heterocycles. The molecule has 0 saturated carbocycles. The molecule has 4 rings (SSSR count). The van der Waals surface area contributed by atoms with Gasteiger partial charge in [0.05, 0.1) is 15.9 Å². The van der Waals surface area contributed by atoms with Gasteiger partial charge in [-0.15, -0.1) is 0 Å². The molecule has 0 atom stereocenters. The van der Waals surface area contributed by atoms with Crippen molar-refractivity contribution in [2.24, 2.45) is 0 Å². The molecule has 7 nitrogen and oxygen atoms in total. The first-order valence-corrected chi connectivity index (χ1v) is 11.0. The summed E-state index contributed by atoms with van der Waals surface area (Å²) in [6.07, 6.45) is 5.59. The fourth-order valence-corrected chi connectivity index (χ4v) is 4.50. The molecule has 0 bridgehead atoms. The highest BCUT2D eigenvalue weighted by Crippen LogP contribution is 2.33.